The second kappa shape index (κ2) is 4.98. The Morgan fingerprint density at radius 2 is 1.80 bits per heavy atom. The Morgan fingerprint density at radius 3 is 2.27 bits per heavy atom. The molecule has 0 spiro atoms. The Morgan fingerprint density at radius 1 is 1.20 bits per heavy atom. The van der Waals surface area contributed by atoms with E-state index in [-0.39, 0.29) is 13.0 Å². The van der Waals surface area contributed by atoms with E-state index in [2.05, 4.69) is 0 Å². The van der Waals surface area contributed by atoms with E-state index in [9.17, 15) is 13.2 Å². The van der Waals surface area contributed by atoms with Crippen molar-refractivity contribution in [3.8, 4) is 0 Å². The van der Waals surface area contributed by atoms with Gasteiger partial charge in [-0.2, -0.15) is 13.2 Å². The number of halogens is 3. The van der Waals surface area contributed by atoms with Gasteiger partial charge in [-0.3, -0.25) is 0 Å². The molecule has 0 fully saturated rings. The minimum atomic E-state index is -4.30. The fourth-order valence-corrected chi connectivity index (χ4v) is 1.25. The van der Waals surface area contributed by atoms with Gasteiger partial charge in [0.05, 0.1) is 0 Å². The smallest absolute Gasteiger partial charge is 0.327 e. The van der Waals surface area contributed by atoms with Crippen LogP contribution in [0.3, 0.4) is 0 Å². The first kappa shape index (κ1) is 11.8. The number of hydrogen-bond acceptors (Lipinski definition) is 1. The minimum absolute atomic E-state index is 0.0956. The average molecular weight is 215 g/mol. The Labute approximate surface area is 86.4 Å². The Balaban J connectivity index is 2.82. The van der Waals surface area contributed by atoms with E-state index in [4.69, 9.17) is 5.73 Å². The van der Waals surface area contributed by atoms with Crippen LogP contribution in [0.5, 0.6) is 0 Å². The summed E-state index contributed by atoms with van der Waals surface area (Å²) in [6, 6.07) is 8.52. The molecule has 1 rings (SSSR count). The van der Waals surface area contributed by atoms with Gasteiger partial charge in [0, 0.05) is 18.5 Å². The third-order valence-electron chi connectivity index (χ3n) is 1.97. The molecule has 0 aliphatic rings. The van der Waals surface area contributed by atoms with E-state index < -0.39 is 11.7 Å². The van der Waals surface area contributed by atoms with E-state index in [1.54, 1.807) is 30.3 Å². The summed E-state index contributed by atoms with van der Waals surface area (Å²) >= 11 is 0. The topological polar surface area (TPSA) is 26.0 Å². The van der Waals surface area contributed by atoms with Crippen LogP contribution in [-0.2, 0) is 6.42 Å². The summed E-state index contributed by atoms with van der Waals surface area (Å²) in [5, 5.41) is 0. The SMILES string of the molecule is NC/C=C(\Cc1ccccc1)C(F)(F)F. The molecule has 0 atom stereocenters. The predicted octanol–water partition coefficient (Wildman–Crippen LogP) is 2.68. The minimum Gasteiger partial charge on any atom is -0.327 e. The molecule has 0 aromatic heterocycles. The van der Waals surface area contributed by atoms with Crippen LogP contribution in [0.25, 0.3) is 0 Å². The van der Waals surface area contributed by atoms with Crippen LogP contribution in [-0.4, -0.2) is 12.7 Å². The first-order valence-corrected chi connectivity index (χ1v) is 4.54. The van der Waals surface area contributed by atoms with E-state index in [1.165, 1.54) is 0 Å². The fourth-order valence-electron chi connectivity index (χ4n) is 1.25. The second-order valence-corrected chi connectivity index (χ2v) is 3.13. The van der Waals surface area contributed by atoms with Gasteiger partial charge < -0.3 is 5.73 Å². The fraction of sp³-hybridized carbons (Fsp3) is 0.273. The van der Waals surface area contributed by atoms with Crippen molar-refractivity contribution in [3.63, 3.8) is 0 Å². The van der Waals surface area contributed by atoms with Crippen molar-refractivity contribution < 1.29 is 13.2 Å². The maximum absolute atomic E-state index is 12.5. The second-order valence-electron chi connectivity index (χ2n) is 3.13. The summed E-state index contributed by atoms with van der Waals surface area (Å²) in [5.41, 5.74) is 5.15. The van der Waals surface area contributed by atoms with Gasteiger partial charge in [0.15, 0.2) is 0 Å². The summed E-state index contributed by atoms with van der Waals surface area (Å²) in [5.74, 6) is 0. The quantitative estimate of drug-likeness (QED) is 0.771. The van der Waals surface area contributed by atoms with E-state index in [0.717, 1.165) is 6.08 Å². The molecule has 82 valence electrons. The zero-order chi connectivity index (χ0) is 11.3. The molecule has 0 unspecified atom stereocenters. The van der Waals surface area contributed by atoms with Crippen molar-refractivity contribution in [3.05, 3.63) is 47.5 Å². The Bertz CT molecular complexity index is 327. The van der Waals surface area contributed by atoms with Gasteiger partial charge in [0.1, 0.15) is 0 Å². The zero-order valence-electron chi connectivity index (χ0n) is 8.09. The molecule has 0 aliphatic carbocycles. The molecule has 4 heteroatoms. The molecule has 1 nitrogen and oxygen atoms in total. The standard InChI is InChI=1S/C11H12F3N/c12-11(13,14)10(6-7-15)8-9-4-2-1-3-5-9/h1-6H,7-8,15H2/b10-6+. The molecule has 15 heavy (non-hydrogen) atoms. The number of benzene rings is 1. The van der Waals surface area contributed by atoms with Crippen LogP contribution < -0.4 is 5.73 Å². The van der Waals surface area contributed by atoms with E-state index in [1.807, 2.05) is 0 Å². The highest BCUT2D eigenvalue weighted by atomic mass is 19.4. The lowest BCUT2D eigenvalue weighted by molar-refractivity contribution is -0.0933. The first-order valence-electron chi connectivity index (χ1n) is 4.54. The van der Waals surface area contributed by atoms with Gasteiger partial charge in [-0.25, -0.2) is 0 Å². The number of alkyl halides is 3. The summed E-state index contributed by atoms with van der Waals surface area (Å²) in [4.78, 5) is 0. The third-order valence-corrected chi connectivity index (χ3v) is 1.97. The molecular weight excluding hydrogens is 203 g/mol. The van der Waals surface area contributed by atoms with Crippen LogP contribution in [0.15, 0.2) is 42.0 Å². The predicted molar refractivity (Wildman–Crippen MR) is 53.3 cm³/mol. The highest BCUT2D eigenvalue weighted by molar-refractivity contribution is 5.24. The Hall–Kier alpha value is -1.29. The van der Waals surface area contributed by atoms with Crippen LogP contribution >= 0.6 is 0 Å². The monoisotopic (exact) mass is 215 g/mol. The van der Waals surface area contributed by atoms with Crippen molar-refractivity contribution >= 4 is 0 Å². The van der Waals surface area contributed by atoms with Crippen molar-refractivity contribution in [2.75, 3.05) is 6.54 Å². The summed E-state index contributed by atoms with van der Waals surface area (Å²) < 4.78 is 37.4. The molecule has 0 saturated carbocycles. The van der Waals surface area contributed by atoms with Crippen LogP contribution in [0, 0.1) is 0 Å². The molecule has 1 aromatic carbocycles. The summed E-state index contributed by atoms with van der Waals surface area (Å²) in [6.07, 6.45) is -3.40. The molecule has 1 aromatic rings. The van der Waals surface area contributed by atoms with Gasteiger partial charge >= 0.3 is 6.18 Å². The highest BCUT2D eigenvalue weighted by Crippen LogP contribution is 2.28. The molecule has 0 bridgehead atoms. The van der Waals surface area contributed by atoms with Crippen LogP contribution in [0.2, 0.25) is 0 Å². The third kappa shape index (κ3) is 3.75. The summed E-state index contributed by atoms with van der Waals surface area (Å²) in [7, 11) is 0. The molecule has 0 amide bonds. The van der Waals surface area contributed by atoms with Crippen LogP contribution in [0.4, 0.5) is 13.2 Å². The first-order chi connectivity index (χ1) is 7.04. The maximum atomic E-state index is 12.5. The number of allylic oxidation sites excluding steroid dienone is 1. The molecule has 0 heterocycles. The van der Waals surface area contributed by atoms with Crippen molar-refractivity contribution in [2.24, 2.45) is 5.73 Å². The van der Waals surface area contributed by atoms with Crippen molar-refractivity contribution in [1.82, 2.24) is 0 Å². The van der Waals surface area contributed by atoms with E-state index in [0.29, 0.717) is 5.56 Å². The lowest BCUT2D eigenvalue weighted by atomic mass is 10.0. The number of nitrogens with two attached hydrogens (primary N) is 1. The largest absolute Gasteiger partial charge is 0.412 e. The summed E-state index contributed by atoms with van der Waals surface area (Å²) in [6.45, 7) is -0.0956. The van der Waals surface area contributed by atoms with Gasteiger partial charge in [-0.1, -0.05) is 36.4 Å². The van der Waals surface area contributed by atoms with Gasteiger partial charge in [0.25, 0.3) is 0 Å². The molecular formula is C11H12F3N. The van der Waals surface area contributed by atoms with Crippen molar-refractivity contribution in [1.29, 1.82) is 0 Å². The van der Waals surface area contributed by atoms with Gasteiger partial charge in [-0.05, 0) is 5.56 Å². The van der Waals surface area contributed by atoms with Crippen LogP contribution in [0.1, 0.15) is 5.56 Å². The molecule has 0 aliphatic heterocycles. The van der Waals surface area contributed by atoms with Crippen molar-refractivity contribution in [2.45, 2.75) is 12.6 Å². The van der Waals surface area contributed by atoms with E-state index >= 15 is 0 Å². The Kier molecular flexibility index (Phi) is 3.91. The lowest BCUT2D eigenvalue weighted by Crippen LogP contribution is -2.15. The van der Waals surface area contributed by atoms with Gasteiger partial charge in [0.2, 0.25) is 0 Å². The average Bonchev–Trinajstić information content (AvgIpc) is 2.17. The zero-order valence-corrected chi connectivity index (χ0v) is 8.09. The molecule has 2 N–H and O–H groups in total. The number of rotatable bonds is 3. The lowest BCUT2D eigenvalue weighted by Gasteiger charge is -2.11. The molecule has 0 saturated heterocycles. The maximum Gasteiger partial charge on any atom is 0.412 e. The van der Waals surface area contributed by atoms with Gasteiger partial charge in [-0.15, -0.1) is 0 Å². The molecule has 0 radical (unpaired) electrons. The number of hydrogen-bond donors (Lipinski definition) is 1. The highest BCUT2D eigenvalue weighted by Gasteiger charge is 2.32. The normalized spacial score (nSPS) is 12.9.